The first-order valence-electron chi connectivity index (χ1n) is 15.9. The summed E-state index contributed by atoms with van der Waals surface area (Å²) in [4.78, 5) is 9.99. The Balaban J connectivity index is 0.000000549. The van der Waals surface area contributed by atoms with Gasteiger partial charge in [-0.25, -0.2) is 13.1 Å². The van der Waals surface area contributed by atoms with Gasteiger partial charge in [0.1, 0.15) is 6.61 Å². The van der Waals surface area contributed by atoms with E-state index in [1.54, 1.807) is 0 Å². The third-order valence-electron chi connectivity index (χ3n) is 6.98. The second kappa shape index (κ2) is 26.7. The molecule has 0 aromatic heterocycles. The number of hydrogen-bond acceptors (Lipinski definition) is 7. The lowest BCUT2D eigenvalue weighted by Gasteiger charge is -2.16. The summed E-state index contributed by atoms with van der Waals surface area (Å²) in [6.45, 7) is 2.91. The van der Waals surface area contributed by atoms with E-state index in [0.717, 1.165) is 50.5 Å². The molecule has 2 rings (SSSR count). The lowest BCUT2D eigenvalue weighted by molar-refractivity contribution is -0.186. The van der Waals surface area contributed by atoms with Crippen LogP contribution in [-0.4, -0.2) is 45.1 Å². The molecule has 0 amide bonds. The molecule has 2 aromatic carbocycles. The quantitative estimate of drug-likeness (QED) is 0.0900. The van der Waals surface area contributed by atoms with Crippen LogP contribution in [0.4, 0.5) is 0 Å². The van der Waals surface area contributed by atoms with Gasteiger partial charge in [-0.1, -0.05) is 132 Å². The molecule has 2 atom stereocenters. The molecule has 0 heterocycles. The fourth-order valence-corrected chi connectivity index (χ4v) is 6.21. The Labute approximate surface area is 261 Å². The Morgan fingerprint density at radius 2 is 1.35 bits per heavy atom. The van der Waals surface area contributed by atoms with Gasteiger partial charge >= 0.3 is 8.25 Å². The summed E-state index contributed by atoms with van der Waals surface area (Å²) >= 11 is 0. The number of hydrogen-bond donors (Lipinski definition) is 2. The fraction of sp³-hybridized carbons (Fsp3) is 0.636. The topological polar surface area (TPSA) is 125 Å². The number of aliphatic hydroxyl groups excluding tert-OH is 1. The molecule has 0 fully saturated rings. The molecule has 0 saturated carbocycles. The molecule has 2 N–H and O–H groups in total. The summed E-state index contributed by atoms with van der Waals surface area (Å²) < 4.78 is 46.7. The van der Waals surface area contributed by atoms with Gasteiger partial charge in [0.2, 0.25) is 10.0 Å². The number of benzene rings is 2. The van der Waals surface area contributed by atoms with Crippen LogP contribution in [0, 0.1) is 0 Å². The molecule has 0 radical (unpaired) electrons. The molecule has 0 aliphatic rings. The fourth-order valence-electron chi connectivity index (χ4n) is 4.58. The minimum Gasteiger partial charge on any atom is -0.566 e. The lowest BCUT2D eigenvalue weighted by Crippen LogP contribution is -2.38. The Hall–Kier alpha value is -1.71. The van der Waals surface area contributed by atoms with Gasteiger partial charge in [0.05, 0.1) is 25.6 Å². The monoisotopic (exact) mass is 639 g/mol. The highest BCUT2D eigenvalue weighted by atomic mass is 32.2. The van der Waals surface area contributed by atoms with Crippen molar-refractivity contribution in [3.05, 3.63) is 71.8 Å². The van der Waals surface area contributed by atoms with E-state index in [2.05, 4.69) is 40.4 Å². The number of aryl methyl sites for hydroxylation is 1. The molecule has 244 valence electrons. The average Bonchev–Trinajstić information content (AvgIpc) is 3.00. The predicted molar refractivity (Wildman–Crippen MR) is 173 cm³/mol. The Kier molecular flexibility index (Phi) is 24.4. The van der Waals surface area contributed by atoms with E-state index < -0.39 is 18.3 Å². The maximum Gasteiger partial charge on any atom is 0.488 e. The molecule has 0 aliphatic heterocycles. The molecule has 0 bridgehead atoms. The normalized spacial score (nSPS) is 12.4. The summed E-state index contributed by atoms with van der Waals surface area (Å²) in [6.07, 6.45) is 15.2. The Morgan fingerprint density at radius 1 is 0.791 bits per heavy atom. The predicted octanol–water partition coefficient (Wildman–Crippen LogP) is 6.84. The van der Waals surface area contributed by atoms with Crippen molar-refractivity contribution in [1.82, 2.24) is 4.72 Å². The maximum atomic E-state index is 12.2. The van der Waals surface area contributed by atoms with Gasteiger partial charge in [-0.05, 0) is 41.4 Å². The van der Waals surface area contributed by atoms with Crippen LogP contribution in [0.2, 0.25) is 0 Å². The van der Waals surface area contributed by atoms with Crippen LogP contribution in [0.25, 0.3) is 0 Å². The first-order valence-corrected chi connectivity index (χ1v) is 18.6. The van der Waals surface area contributed by atoms with Crippen LogP contribution in [-0.2, 0) is 36.9 Å². The number of aliphatic hydroxyl groups is 1. The number of unbranched alkanes of at least 4 members (excludes halogenated alkanes) is 10. The van der Waals surface area contributed by atoms with Crippen LogP contribution in [0.15, 0.2) is 60.7 Å². The van der Waals surface area contributed by atoms with Crippen LogP contribution in [0.3, 0.4) is 0 Å². The van der Waals surface area contributed by atoms with Crippen molar-refractivity contribution < 1.29 is 32.2 Å². The van der Waals surface area contributed by atoms with Crippen LogP contribution >= 0.6 is 8.25 Å². The number of sulfonamides is 1. The second-order valence-electron chi connectivity index (χ2n) is 10.8. The summed E-state index contributed by atoms with van der Waals surface area (Å²) in [5.41, 5.74) is 2.42. The highest BCUT2D eigenvalue weighted by Crippen LogP contribution is 2.12. The number of nitrogens with one attached hydrogen (secondary N) is 1. The van der Waals surface area contributed by atoms with E-state index in [0.29, 0.717) is 19.4 Å². The largest absolute Gasteiger partial charge is 0.566 e. The van der Waals surface area contributed by atoms with Gasteiger partial charge in [0, 0.05) is 6.04 Å². The highest BCUT2D eigenvalue weighted by molar-refractivity contribution is 7.89. The molecular formula is C33H54NO7PS. The van der Waals surface area contributed by atoms with Crippen molar-refractivity contribution >= 4 is 18.3 Å². The van der Waals surface area contributed by atoms with E-state index in [-0.39, 0.29) is 31.6 Å². The van der Waals surface area contributed by atoms with Crippen molar-refractivity contribution in [1.29, 1.82) is 0 Å². The first kappa shape index (κ1) is 39.3. The van der Waals surface area contributed by atoms with E-state index in [1.165, 1.54) is 37.7 Å². The molecule has 0 saturated heterocycles. The zero-order chi connectivity index (χ0) is 31.4. The average molecular weight is 640 g/mol. The molecule has 2 unspecified atom stereocenters. The third kappa shape index (κ3) is 24.3. The van der Waals surface area contributed by atoms with Crippen molar-refractivity contribution in [2.75, 3.05) is 25.6 Å². The summed E-state index contributed by atoms with van der Waals surface area (Å²) in [5, 5.41) is 9.53. The Morgan fingerprint density at radius 3 is 1.95 bits per heavy atom. The molecule has 0 spiro atoms. The van der Waals surface area contributed by atoms with E-state index in [1.807, 2.05) is 36.4 Å². The van der Waals surface area contributed by atoms with Gasteiger partial charge in [-0.2, -0.15) is 0 Å². The maximum absolute atomic E-state index is 12.2. The number of rotatable bonds is 25. The molecule has 43 heavy (non-hydrogen) atoms. The van der Waals surface area contributed by atoms with E-state index >= 15 is 0 Å². The molecule has 8 nitrogen and oxygen atoms in total. The zero-order valence-electron chi connectivity index (χ0n) is 26.0. The minimum absolute atomic E-state index is 0.0749. The molecule has 10 heteroatoms. The molecular weight excluding hydrogens is 585 g/mol. The first-order chi connectivity index (χ1) is 20.9. The van der Waals surface area contributed by atoms with Crippen molar-refractivity contribution in [3.8, 4) is 0 Å². The van der Waals surface area contributed by atoms with E-state index in [4.69, 9.17) is 4.74 Å². The van der Waals surface area contributed by atoms with Crippen molar-refractivity contribution in [2.45, 2.75) is 109 Å². The van der Waals surface area contributed by atoms with Gasteiger partial charge in [-0.15, -0.1) is 4.52 Å². The van der Waals surface area contributed by atoms with Crippen molar-refractivity contribution in [2.24, 2.45) is 0 Å². The SMILES string of the molecule is CCCCCCCCCCS(=O)(=O)NC(CO)CCCCCCc1ccccc1.O=[P+]([O-])OCCOCc1ccccc1. The Bertz CT molecular complexity index is 1030. The van der Waals surface area contributed by atoms with Crippen molar-refractivity contribution in [3.63, 3.8) is 0 Å². The van der Waals surface area contributed by atoms with Gasteiger partial charge < -0.3 is 14.7 Å². The van der Waals surface area contributed by atoms with Gasteiger partial charge in [0.15, 0.2) is 0 Å². The lowest BCUT2D eigenvalue weighted by atomic mass is 10.0. The number of ether oxygens (including phenoxy) is 1. The molecule has 0 aliphatic carbocycles. The second-order valence-corrected chi connectivity index (χ2v) is 13.4. The van der Waals surface area contributed by atoms with Gasteiger partial charge in [0.25, 0.3) is 0 Å². The minimum atomic E-state index is -3.29. The smallest absolute Gasteiger partial charge is 0.488 e. The summed E-state index contributed by atoms with van der Waals surface area (Å²) in [6, 6.07) is 19.8. The zero-order valence-corrected chi connectivity index (χ0v) is 27.7. The molecule has 2 aromatic rings. The van der Waals surface area contributed by atoms with Crippen LogP contribution in [0.5, 0.6) is 0 Å². The third-order valence-corrected chi connectivity index (χ3v) is 8.89. The standard InChI is InChI=1S/C24H43NO3S.C9H11O4P/c1-2-3-4-5-6-7-10-16-21-29(27,28)25-24(22-26)20-15-9-8-12-17-23-18-13-11-14-19-23;10-14(11)13-7-6-12-8-9-4-2-1-3-5-9/h11,13-14,18-19,24-26H,2-10,12,15-17,20-22H2,1H3;1-5H,6-8H2. The van der Waals surface area contributed by atoms with Gasteiger partial charge in [-0.3, -0.25) is 0 Å². The highest BCUT2D eigenvalue weighted by Gasteiger charge is 2.16. The summed E-state index contributed by atoms with van der Waals surface area (Å²) in [7, 11) is -6.04. The van der Waals surface area contributed by atoms with E-state index in [9.17, 15) is 23.0 Å². The summed E-state index contributed by atoms with van der Waals surface area (Å²) in [5.74, 6) is 0.176. The van der Waals surface area contributed by atoms with Crippen LogP contribution < -0.4 is 9.62 Å². The van der Waals surface area contributed by atoms with Crippen LogP contribution in [0.1, 0.15) is 102 Å².